The van der Waals surface area contributed by atoms with Crippen LogP contribution >= 0.6 is 0 Å². The monoisotopic (exact) mass is 327 g/mol. The van der Waals surface area contributed by atoms with Crippen molar-refractivity contribution in [2.24, 2.45) is 0 Å². The summed E-state index contributed by atoms with van der Waals surface area (Å²) in [6.07, 6.45) is 4.86. The molecule has 1 aliphatic rings. The molecule has 0 spiro atoms. The highest BCUT2D eigenvalue weighted by Gasteiger charge is 2.20. The molecule has 6 nitrogen and oxygen atoms in total. The summed E-state index contributed by atoms with van der Waals surface area (Å²) in [6.45, 7) is 5.45. The molecule has 1 saturated heterocycles. The van der Waals surface area contributed by atoms with Gasteiger partial charge in [-0.15, -0.1) is 0 Å². The van der Waals surface area contributed by atoms with Crippen LogP contribution in [0.15, 0.2) is 42.7 Å². The number of amides is 1. The molecule has 0 atom stereocenters. The highest BCUT2D eigenvalue weighted by molar-refractivity contribution is 5.94. The van der Waals surface area contributed by atoms with Gasteiger partial charge in [0.15, 0.2) is 0 Å². The van der Waals surface area contributed by atoms with Gasteiger partial charge in [0.25, 0.3) is 0 Å². The second-order valence-corrected chi connectivity index (χ2v) is 6.26. The van der Waals surface area contributed by atoms with E-state index in [1.54, 1.807) is 4.90 Å². The van der Waals surface area contributed by atoms with Crippen molar-refractivity contribution in [2.45, 2.75) is 6.42 Å². The number of anilines is 1. The summed E-state index contributed by atoms with van der Waals surface area (Å²) < 4.78 is 0. The van der Waals surface area contributed by atoms with Crippen LogP contribution in [-0.4, -0.2) is 72.2 Å². The second-order valence-electron chi connectivity index (χ2n) is 6.26. The van der Waals surface area contributed by atoms with Crippen LogP contribution < -0.4 is 4.90 Å². The van der Waals surface area contributed by atoms with Crippen molar-refractivity contribution >= 4 is 11.6 Å². The lowest BCUT2D eigenvalue weighted by atomic mass is 10.2. The van der Waals surface area contributed by atoms with Gasteiger partial charge in [0.05, 0.1) is 12.7 Å². The maximum Gasteiger partial charge on any atom is 0.240 e. The molecule has 2 aromatic rings. The van der Waals surface area contributed by atoms with Gasteiger partial charge < -0.3 is 9.80 Å². The summed E-state index contributed by atoms with van der Waals surface area (Å²) in [4.78, 5) is 18.9. The summed E-state index contributed by atoms with van der Waals surface area (Å²) in [6, 6.07) is 9.80. The number of hydrogen-bond donors (Lipinski definition) is 1. The first-order valence-corrected chi connectivity index (χ1v) is 8.46. The lowest BCUT2D eigenvalue weighted by Gasteiger charge is -2.35. The lowest BCUT2D eigenvalue weighted by Crippen LogP contribution is -2.50. The average molecular weight is 327 g/mol. The number of aromatic nitrogens is 2. The van der Waals surface area contributed by atoms with E-state index in [0.29, 0.717) is 6.54 Å². The number of carbonyl (C=O) groups is 1. The molecule has 2 heterocycles. The Labute approximate surface area is 143 Å². The molecule has 0 radical (unpaired) electrons. The van der Waals surface area contributed by atoms with Crippen LogP contribution in [0.3, 0.4) is 0 Å². The maximum atomic E-state index is 12.4. The van der Waals surface area contributed by atoms with Gasteiger partial charge in [-0.25, -0.2) is 0 Å². The van der Waals surface area contributed by atoms with Crippen LogP contribution in [0.2, 0.25) is 0 Å². The number of rotatable bonds is 6. The van der Waals surface area contributed by atoms with Crippen molar-refractivity contribution in [3.8, 4) is 0 Å². The van der Waals surface area contributed by atoms with E-state index in [0.717, 1.165) is 44.8 Å². The molecule has 1 amide bonds. The third-order valence-electron chi connectivity index (χ3n) is 4.61. The molecule has 0 bridgehead atoms. The Balaban J connectivity index is 1.41. The molecule has 1 fully saturated rings. The van der Waals surface area contributed by atoms with E-state index in [4.69, 9.17) is 0 Å². The van der Waals surface area contributed by atoms with Crippen LogP contribution in [0, 0.1) is 0 Å². The van der Waals surface area contributed by atoms with Gasteiger partial charge in [0, 0.05) is 51.7 Å². The van der Waals surface area contributed by atoms with Crippen molar-refractivity contribution in [1.82, 2.24) is 20.0 Å². The number of aromatic amines is 1. The van der Waals surface area contributed by atoms with Gasteiger partial charge in [0.1, 0.15) is 0 Å². The molecule has 3 rings (SSSR count). The molecule has 1 N–H and O–H groups in total. The van der Waals surface area contributed by atoms with Crippen LogP contribution in [0.1, 0.15) is 5.56 Å². The minimum Gasteiger partial charge on any atom is -0.314 e. The number of hydrogen-bond acceptors (Lipinski definition) is 4. The fourth-order valence-electron chi connectivity index (χ4n) is 2.97. The molecule has 6 heteroatoms. The first-order chi connectivity index (χ1) is 11.7. The van der Waals surface area contributed by atoms with Crippen molar-refractivity contribution in [3.05, 3.63) is 48.3 Å². The van der Waals surface area contributed by atoms with E-state index in [1.807, 2.05) is 49.8 Å². The zero-order valence-electron chi connectivity index (χ0n) is 14.2. The molecule has 1 aliphatic heterocycles. The molecule has 128 valence electrons. The summed E-state index contributed by atoms with van der Waals surface area (Å²) in [5, 5.41) is 6.83. The second kappa shape index (κ2) is 8.08. The van der Waals surface area contributed by atoms with Gasteiger partial charge in [-0.1, -0.05) is 18.2 Å². The molecule has 1 aromatic heterocycles. The Hall–Kier alpha value is -2.18. The van der Waals surface area contributed by atoms with Gasteiger partial charge in [-0.2, -0.15) is 5.10 Å². The summed E-state index contributed by atoms with van der Waals surface area (Å²) in [7, 11) is 1.85. The van der Waals surface area contributed by atoms with Crippen molar-refractivity contribution in [3.63, 3.8) is 0 Å². The number of carbonyl (C=O) groups excluding carboxylic acids is 1. The van der Waals surface area contributed by atoms with E-state index in [-0.39, 0.29) is 5.91 Å². The predicted molar refractivity (Wildman–Crippen MR) is 95.0 cm³/mol. The van der Waals surface area contributed by atoms with E-state index >= 15 is 0 Å². The number of piperazine rings is 1. The maximum absolute atomic E-state index is 12.4. The van der Waals surface area contributed by atoms with Crippen molar-refractivity contribution in [1.29, 1.82) is 0 Å². The summed E-state index contributed by atoms with van der Waals surface area (Å²) in [5.41, 5.74) is 2.19. The predicted octanol–water partition coefficient (Wildman–Crippen LogP) is 1.23. The van der Waals surface area contributed by atoms with Crippen molar-refractivity contribution in [2.75, 3.05) is 51.2 Å². The van der Waals surface area contributed by atoms with Crippen LogP contribution in [0.4, 0.5) is 5.69 Å². The average Bonchev–Trinajstić information content (AvgIpc) is 3.15. The fraction of sp³-hybridized carbons (Fsp3) is 0.444. The lowest BCUT2D eigenvalue weighted by molar-refractivity contribution is -0.119. The third kappa shape index (κ3) is 4.43. The first kappa shape index (κ1) is 16.7. The summed E-state index contributed by atoms with van der Waals surface area (Å²) in [5.74, 6) is 0.146. The number of likely N-dealkylation sites (N-methyl/N-ethyl adjacent to an activating group) is 1. The fourth-order valence-corrected chi connectivity index (χ4v) is 2.97. The van der Waals surface area contributed by atoms with Gasteiger partial charge in [0.2, 0.25) is 5.91 Å². The molecule has 1 aromatic carbocycles. The van der Waals surface area contributed by atoms with Crippen LogP contribution in [0.5, 0.6) is 0 Å². The van der Waals surface area contributed by atoms with E-state index in [2.05, 4.69) is 20.0 Å². The standard InChI is InChI=1S/C18H25N5O/c1-21(17-5-3-2-4-6-17)18(24)15-23-11-9-22(10-12-23)8-7-16-13-19-20-14-16/h2-6,13-14H,7-12,15H2,1H3,(H,19,20). The van der Waals surface area contributed by atoms with Crippen LogP contribution in [-0.2, 0) is 11.2 Å². The van der Waals surface area contributed by atoms with E-state index in [9.17, 15) is 4.79 Å². The Morgan fingerprint density at radius 1 is 1.17 bits per heavy atom. The molecular weight excluding hydrogens is 302 g/mol. The summed E-state index contributed by atoms with van der Waals surface area (Å²) >= 11 is 0. The minimum absolute atomic E-state index is 0.146. The largest absolute Gasteiger partial charge is 0.314 e. The Kier molecular flexibility index (Phi) is 5.61. The molecule has 24 heavy (non-hydrogen) atoms. The molecule has 0 saturated carbocycles. The molecular formula is C18H25N5O. The van der Waals surface area contributed by atoms with E-state index in [1.165, 1.54) is 5.56 Å². The number of H-pyrrole nitrogens is 1. The molecule has 0 unspecified atom stereocenters. The normalized spacial score (nSPS) is 16.2. The Morgan fingerprint density at radius 3 is 2.54 bits per heavy atom. The topological polar surface area (TPSA) is 55.5 Å². The highest BCUT2D eigenvalue weighted by Crippen LogP contribution is 2.12. The number of benzene rings is 1. The number of para-hydroxylation sites is 1. The van der Waals surface area contributed by atoms with Crippen LogP contribution in [0.25, 0.3) is 0 Å². The van der Waals surface area contributed by atoms with Gasteiger partial charge in [-0.3, -0.25) is 14.8 Å². The zero-order valence-corrected chi connectivity index (χ0v) is 14.2. The first-order valence-electron chi connectivity index (χ1n) is 8.46. The Morgan fingerprint density at radius 2 is 1.88 bits per heavy atom. The third-order valence-corrected chi connectivity index (χ3v) is 4.61. The van der Waals surface area contributed by atoms with Gasteiger partial charge >= 0.3 is 0 Å². The van der Waals surface area contributed by atoms with E-state index < -0.39 is 0 Å². The smallest absolute Gasteiger partial charge is 0.240 e. The minimum atomic E-state index is 0.146. The highest BCUT2D eigenvalue weighted by atomic mass is 16.2. The quantitative estimate of drug-likeness (QED) is 0.867. The van der Waals surface area contributed by atoms with Gasteiger partial charge in [-0.05, 0) is 24.1 Å². The SMILES string of the molecule is CN(C(=O)CN1CCN(CCc2cn[nH]c2)CC1)c1ccccc1. The number of nitrogens with zero attached hydrogens (tertiary/aromatic N) is 4. The van der Waals surface area contributed by atoms with Crippen molar-refractivity contribution < 1.29 is 4.79 Å². The molecule has 0 aliphatic carbocycles. The zero-order chi connectivity index (χ0) is 16.8. The number of nitrogens with one attached hydrogen (secondary N) is 1. The Bertz CT molecular complexity index is 620.